The van der Waals surface area contributed by atoms with Crippen molar-refractivity contribution in [1.82, 2.24) is 20.6 Å². The van der Waals surface area contributed by atoms with Crippen LogP contribution in [0, 0.1) is 23.2 Å². The van der Waals surface area contributed by atoms with Crippen LogP contribution in [0.5, 0.6) is 0 Å². The number of nitrogens with one attached hydrogen (secondary N) is 4. The van der Waals surface area contributed by atoms with Crippen LogP contribution in [0.2, 0.25) is 0 Å². The number of rotatable bonds is 15. The van der Waals surface area contributed by atoms with Gasteiger partial charge in [-0.25, -0.2) is 14.6 Å². The molecule has 0 spiro atoms. The number of H-pyrrole nitrogens is 1. The zero-order chi connectivity index (χ0) is 43.3. The van der Waals surface area contributed by atoms with E-state index in [1.165, 1.54) is 43.8 Å². The van der Waals surface area contributed by atoms with Crippen LogP contribution in [0.15, 0.2) is 128 Å². The van der Waals surface area contributed by atoms with Gasteiger partial charge in [-0.1, -0.05) is 91.0 Å². The van der Waals surface area contributed by atoms with Crippen LogP contribution in [-0.4, -0.2) is 52.2 Å². The molecule has 3 amide bonds. The van der Waals surface area contributed by atoms with Gasteiger partial charge in [0.15, 0.2) is 0 Å². The Morgan fingerprint density at radius 3 is 1.73 bits per heavy atom. The van der Waals surface area contributed by atoms with Crippen molar-refractivity contribution in [2.24, 2.45) is 23.2 Å². The number of carbonyl (C=O) groups excluding carboxylic acids is 5. The Kier molecular flexibility index (Phi) is 11.9. The number of benzene rings is 5. The number of imidazole rings is 1. The van der Waals surface area contributed by atoms with Gasteiger partial charge in [0.2, 0.25) is 5.91 Å². The van der Waals surface area contributed by atoms with Crippen LogP contribution in [0.4, 0.5) is 5.69 Å². The van der Waals surface area contributed by atoms with Crippen LogP contribution in [0.25, 0.3) is 11.0 Å². The summed E-state index contributed by atoms with van der Waals surface area (Å²) >= 11 is 0. The molecule has 4 N–H and O–H groups in total. The molecule has 6 aromatic rings. The molecule has 0 unspecified atom stereocenters. The number of aromatic amines is 1. The number of aromatic nitrogens is 2. The Balaban J connectivity index is 0.970. The van der Waals surface area contributed by atoms with Gasteiger partial charge in [0, 0.05) is 18.7 Å². The summed E-state index contributed by atoms with van der Waals surface area (Å²) in [5.74, 6) is -0.899. The number of carbonyl (C=O) groups is 5. The molecule has 1 aromatic heterocycles. The molecule has 12 nitrogen and oxygen atoms in total. The molecule has 4 saturated carbocycles. The van der Waals surface area contributed by atoms with Crippen molar-refractivity contribution in [1.29, 1.82) is 0 Å². The van der Waals surface area contributed by atoms with E-state index in [0.29, 0.717) is 17.6 Å². The van der Waals surface area contributed by atoms with E-state index in [-0.39, 0.29) is 58.9 Å². The second kappa shape index (κ2) is 18.1. The van der Waals surface area contributed by atoms with Gasteiger partial charge >= 0.3 is 11.9 Å². The van der Waals surface area contributed by atoms with Crippen molar-refractivity contribution < 1.29 is 33.4 Å². The SMILES string of the molecule is O=C(OCc1ccccc1)c1cc(NC(=O)[C@H](Cc2ccccc2)NC(=O)c2cc3nc[nH]c3cc2C(=O)NCC23CC4CC(CC(C4)C2)C3)cc(C(=O)OCc2ccccc2)c1. The normalized spacial score (nSPS) is 20.1. The van der Waals surface area contributed by atoms with Crippen molar-refractivity contribution in [3.8, 4) is 0 Å². The predicted octanol–water partition coefficient (Wildman–Crippen LogP) is 8.20. The highest BCUT2D eigenvalue weighted by molar-refractivity contribution is 6.11. The van der Waals surface area contributed by atoms with Crippen LogP contribution < -0.4 is 16.0 Å². The van der Waals surface area contributed by atoms with Crippen molar-refractivity contribution in [2.75, 3.05) is 11.9 Å². The lowest BCUT2D eigenvalue weighted by Gasteiger charge is -2.56. The first-order chi connectivity index (χ1) is 30.6. The quantitative estimate of drug-likeness (QED) is 0.0751. The first-order valence-electron chi connectivity index (χ1n) is 21.6. The monoisotopic (exact) mass is 843 g/mol. The minimum Gasteiger partial charge on any atom is -0.457 e. The van der Waals surface area contributed by atoms with Gasteiger partial charge in [-0.05, 0) is 109 Å². The molecule has 0 radical (unpaired) electrons. The molecule has 63 heavy (non-hydrogen) atoms. The highest BCUT2D eigenvalue weighted by atomic mass is 16.5. The molecule has 10 rings (SSSR count). The summed E-state index contributed by atoms with van der Waals surface area (Å²) < 4.78 is 11.2. The molecule has 0 saturated heterocycles. The van der Waals surface area contributed by atoms with E-state index in [2.05, 4.69) is 25.9 Å². The maximum absolute atomic E-state index is 14.5. The fourth-order valence-corrected chi connectivity index (χ4v) is 10.3. The number of hydrogen-bond donors (Lipinski definition) is 4. The summed E-state index contributed by atoms with van der Waals surface area (Å²) in [6.07, 6.45) is 8.83. The summed E-state index contributed by atoms with van der Waals surface area (Å²) in [6.45, 7) is 0.528. The number of hydrogen-bond acceptors (Lipinski definition) is 8. The lowest BCUT2D eigenvalue weighted by Crippen LogP contribution is -2.51. The number of fused-ring (bicyclic) bond motifs is 1. The topological polar surface area (TPSA) is 169 Å². The number of nitrogens with zero attached hydrogens (tertiary/aromatic N) is 1. The third kappa shape index (κ3) is 9.70. The van der Waals surface area contributed by atoms with Gasteiger partial charge < -0.3 is 30.4 Å². The maximum atomic E-state index is 14.5. The second-order valence-corrected chi connectivity index (χ2v) is 17.5. The van der Waals surface area contributed by atoms with Gasteiger partial charge in [-0.15, -0.1) is 0 Å². The summed E-state index contributed by atoms with van der Waals surface area (Å²) in [5.41, 5.74) is 3.86. The van der Waals surface area contributed by atoms with Gasteiger partial charge in [0.25, 0.3) is 11.8 Å². The van der Waals surface area contributed by atoms with Crippen molar-refractivity contribution >= 4 is 46.4 Å². The standard InChI is InChI=1S/C51H49N5O7/c57-46(52-30-51-25-35-16-36(26-51)18-37(17-35)27-51)41-23-43-44(54-31-53-43)24-42(41)47(58)56-45(19-32-10-4-1-5-11-32)48(59)55-40-21-38(49(60)62-28-33-12-6-2-7-13-33)20-39(22-40)50(61)63-29-34-14-8-3-9-15-34/h1-15,20-24,31,35-37,45H,16-19,25-30H2,(H,52,57)(H,53,54)(H,55,59)(H,56,58)/t35?,36?,37?,45-,51?/m0/s1. The molecule has 4 aliphatic rings. The van der Waals surface area contributed by atoms with Crippen LogP contribution in [0.1, 0.15) is 96.6 Å². The fourth-order valence-electron chi connectivity index (χ4n) is 10.3. The molecular weight excluding hydrogens is 795 g/mol. The number of anilines is 1. The fraction of sp³-hybridized carbons (Fsp3) is 0.294. The molecule has 4 bridgehead atoms. The molecule has 320 valence electrons. The Labute approximate surface area is 365 Å². The smallest absolute Gasteiger partial charge is 0.338 e. The highest BCUT2D eigenvalue weighted by Gasteiger charge is 2.50. The Bertz CT molecular complexity index is 2540. The van der Waals surface area contributed by atoms with Gasteiger partial charge in [0.05, 0.1) is 39.6 Å². The minimum absolute atomic E-state index is 0.00976. The molecule has 1 heterocycles. The van der Waals surface area contributed by atoms with Gasteiger partial charge in [-0.3, -0.25) is 14.4 Å². The number of amides is 3. The summed E-state index contributed by atoms with van der Waals surface area (Å²) in [6, 6.07) is 33.8. The van der Waals surface area contributed by atoms with E-state index in [0.717, 1.165) is 53.7 Å². The Hall–Kier alpha value is -7.08. The summed E-state index contributed by atoms with van der Waals surface area (Å²) in [5, 5.41) is 8.96. The van der Waals surface area contributed by atoms with E-state index in [9.17, 15) is 24.0 Å². The van der Waals surface area contributed by atoms with E-state index in [4.69, 9.17) is 9.47 Å². The third-order valence-corrected chi connectivity index (χ3v) is 12.8. The molecule has 4 aliphatic carbocycles. The molecular formula is C51H49N5O7. The maximum Gasteiger partial charge on any atom is 0.338 e. The molecule has 4 fully saturated rings. The second-order valence-electron chi connectivity index (χ2n) is 17.5. The van der Waals surface area contributed by atoms with Crippen molar-refractivity contribution in [3.63, 3.8) is 0 Å². The van der Waals surface area contributed by atoms with E-state index in [1.807, 2.05) is 91.0 Å². The minimum atomic E-state index is -1.17. The van der Waals surface area contributed by atoms with E-state index >= 15 is 0 Å². The number of ether oxygens (including phenoxy) is 2. The lowest BCUT2D eigenvalue weighted by molar-refractivity contribution is -0.118. The largest absolute Gasteiger partial charge is 0.457 e. The average molecular weight is 844 g/mol. The average Bonchev–Trinajstić information content (AvgIpc) is 3.77. The summed E-state index contributed by atoms with van der Waals surface area (Å²) in [7, 11) is 0. The first-order valence-corrected chi connectivity index (χ1v) is 21.6. The van der Waals surface area contributed by atoms with Crippen molar-refractivity contribution in [2.45, 2.75) is 64.2 Å². The van der Waals surface area contributed by atoms with E-state index in [1.54, 1.807) is 12.1 Å². The van der Waals surface area contributed by atoms with Gasteiger partial charge in [0.1, 0.15) is 19.3 Å². The summed E-state index contributed by atoms with van der Waals surface area (Å²) in [4.78, 5) is 77.3. The van der Waals surface area contributed by atoms with Crippen LogP contribution in [-0.2, 0) is 33.9 Å². The Morgan fingerprint density at radius 1 is 0.651 bits per heavy atom. The molecule has 0 aliphatic heterocycles. The molecule has 1 atom stereocenters. The first kappa shape index (κ1) is 41.3. The third-order valence-electron chi connectivity index (χ3n) is 12.8. The highest BCUT2D eigenvalue weighted by Crippen LogP contribution is 2.59. The molecule has 12 heteroatoms. The van der Waals surface area contributed by atoms with Crippen LogP contribution in [0.3, 0.4) is 0 Å². The predicted molar refractivity (Wildman–Crippen MR) is 237 cm³/mol. The zero-order valence-corrected chi connectivity index (χ0v) is 34.8. The Morgan fingerprint density at radius 2 is 1.17 bits per heavy atom. The van der Waals surface area contributed by atoms with E-state index < -0.39 is 29.8 Å². The molecule has 5 aromatic carbocycles. The number of esters is 2. The van der Waals surface area contributed by atoms with Gasteiger partial charge in [-0.2, -0.15) is 0 Å². The lowest BCUT2D eigenvalue weighted by atomic mass is 9.49. The van der Waals surface area contributed by atoms with Crippen LogP contribution >= 0.6 is 0 Å². The van der Waals surface area contributed by atoms with Crippen molar-refractivity contribution in [3.05, 3.63) is 167 Å². The zero-order valence-electron chi connectivity index (χ0n) is 34.8.